The smallest absolute Gasteiger partial charge is 0.145 e. The first-order valence-electron chi connectivity index (χ1n) is 4.35. The first-order chi connectivity index (χ1) is 6.16. The number of nitrogens with zero attached hydrogens (tertiary/aromatic N) is 3. The van der Waals surface area contributed by atoms with Crippen molar-refractivity contribution in [2.75, 3.05) is 11.9 Å². The fourth-order valence-electron chi connectivity index (χ4n) is 1.05. The van der Waals surface area contributed by atoms with Crippen LogP contribution in [0.15, 0.2) is 12.5 Å². The molecule has 0 bridgehead atoms. The van der Waals surface area contributed by atoms with Crippen molar-refractivity contribution in [3.63, 3.8) is 0 Å². The zero-order chi connectivity index (χ0) is 9.84. The Labute approximate surface area is 92.7 Å². The Balaban J connectivity index is 2.88. The average molecular weight is 291 g/mol. The summed E-state index contributed by atoms with van der Waals surface area (Å²) in [5.41, 5.74) is 0. The maximum Gasteiger partial charge on any atom is 0.145 e. The second-order valence-electron chi connectivity index (χ2n) is 3.06. The number of rotatable bonds is 3. The summed E-state index contributed by atoms with van der Waals surface area (Å²) in [6, 6.07) is 0.517. The predicted octanol–water partition coefficient (Wildman–Crippen LogP) is 2.32. The Morgan fingerprint density at radius 1 is 1.62 bits per heavy atom. The lowest BCUT2D eigenvalue weighted by atomic mass is 10.2. The highest BCUT2D eigenvalue weighted by Crippen LogP contribution is 2.19. The third kappa shape index (κ3) is 2.52. The van der Waals surface area contributed by atoms with Gasteiger partial charge >= 0.3 is 0 Å². The zero-order valence-electron chi connectivity index (χ0n) is 8.16. The van der Waals surface area contributed by atoms with Crippen LogP contribution in [0.1, 0.15) is 20.3 Å². The van der Waals surface area contributed by atoms with E-state index in [1.54, 1.807) is 6.33 Å². The van der Waals surface area contributed by atoms with Crippen LogP contribution < -0.4 is 4.90 Å². The van der Waals surface area contributed by atoms with Crippen LogP contribution in [0, 0.1) is 3.57 Å². The van der Waals surface area contributed by atoms with Gasteiger partial charge in [-0.3, -0.25) is 0 Å². The molecule has 3 nitrogen and oxygen atoms in total. The van der Waals surface area contributed by atoms with Crippen molar-refractivity contribution in [2.45, 2.75) is 26.3 Å². The monoisotopic (exact) mass is 291 g/mol. The highest BCUT2D eigenvalue weighted by molar-refractivity contribution is 14.1. The second kappa shape index (κ2) is 4.74. The minimum atomic E-state index is 0.517. The molecule has 1 aromatic rings. The van der Waals surface area contributed by atoms with Gasteiger partial charge in [0, 0.05) is 19.3 Å². The molecule has 0 aliphatic heterocycles. The Morgan fingerprint density at radius 2 is 2.31 bits per heavy atom. The first-order valence-corrected chi connectivity index (χ1v) is 5.43. The van der Waals surface area contributed by atoms with E-state index in [4.69, 9.17) is 0 Å². The third-order valence-electron chi connectivity index (χ3n) is 2.23. The fraction of sp³-hybridized carbons (Fsp3) is 0.556. The lowest BCUT2D eigenvalue weighted by molar-refractivity contribution is 0.654. The summed E-state index contributed by atoms with van der Waals surface area (Å²) in [6.45, 7) is 4.37. The number of hydrogen-bond acceptors (Lipinski definition) is 3. The molecule has 0 fully saturated rings. The summed E-state index contributed by atoms with van der Waals surface area (Å²) >= 11 is 2.26. The largest absolute Gasteiger partial charge is 0.356 e. The number of hydrogen-bond donors (Lipinski definition) is 0. The molecule has 0 aliphatic rings. The van der Waals surface area contributed by atoms with Gasteiger partial charge < -0.3 is 4.90 Å². The molecule has 0 aromatic carbocycles. The lowest BCUT2D eigenvalue weighted by Crippen LogP contribution is -2.29. The molecule has 13 heavy (non-hydrogen) atoms. The van der Waals surface area contributed by atoms with Gasteiger partial charge in [-0.05, 0) is 35.9 Å². The van der Waals surface area contributed by atoms with Gasteiger partial charge in [0.15, 0.2) is 0 Å². The summed E-state index contributed by atoms with van der Waals surface area (Å²) in [4.78, 5) is 10.4. The third-order valence-corrected chi connectivity index (χ3v) is 3.00. The maximum absolute atomic E-state index is 4.25. The van der Waals surface area contributed by atoms with Crippen molar-refractivity contribution in [3.05, 3.63) is 16.1 Å². The normalized spacial score (nSPS) is 12.6. The van der Waals surface area contributed by atoms with Gasteiger partial charge in [-0.2, -0.15) is 0 Å². The molecule has 1 heterocycles. The van der Waals surface area contributed by atoms with Gasteiger partial charge in [0.2, 0.25) is 0 Å². The molecular weight excluding hydrogens is 277 g/mol. The summed E-state index contributed by atoms with van der Waals surface area (Å²) < 4.78 is 1.10. The van der Waals surface area contributed by atoms with Crippen molar-refractivity contribution >= 4 is 28.4 Å². The topological polar surface area (TPSA) is 29.0 Å². The van der Waals surface area contributed by atoms with Crippen LogP contribution in [0.3, 0.4) is 0 Å². The Bertz CT molecular complexity index is 277. The van der Waals surface area contributed by atoms with Gasteiger partial charge in [-0.25, -0.2) is 9.97 Å². The van der Waals surface area contributed by atoms with Gasteiger partial charge in [-0.15, -0.1) is 0 Å². The summed E-state index contributed by atoms with van der Waals surface area (Å²) in [7, 11) is 2.07. The molecule has 0 N–H and O–H groups in total. The molecule has 1 unspecified atom stereocenters. The highest BCUT2D eigenvalue weighted by atomic mass is 127. The quantitative estimate of drug-likeness (QED) is 0.800. The molecular formula is C9H14IN3. The van der Waals surface area contributed by atoms with Crippen LogP contribution in [0.4, 0.5) is 5.82 Å². The van der Waals surface area contributed by atoms with Crippen molar-refractivity contribution in [1.82, 2.24) is 9.97 Å². The molecule has 1 atom stereocenters. The fourth-order valence-corrected chi connectivity index (χ4v) is 1.73. The molecule has 0 amide bonds. The van der Waals surface area contributed by atoms with Crippen LogP contribution >= 0.6 is 22.6 Å². The molecule has 0 aliphatic carbocycles. The van der Waals surface area contributed by atoms with Crippen LogP contribution in [0.25, 0.3) is 0 Å². The molecule has 0 saturated heterocycles. The van der Waals surface area contributed by atoms with E-state index >= 15 is 0 Å². The first kappa shape index (κ1) is 10.7. The van der Waals surface area contributed by atoms with E-state index in [1.807, 2.05) is 6.20 Å². The molecule has 1 rings (SSSR count). The van der Waals surface area contributed by atoms with E-state index in [0.717, 1.165) is 15.8 Å². The predicted molar refractivity (Wildman–Crippen MR) is 62.9 cm³/mol. The molecule has 0 saturated carbocycles. The van der Waals surface area contributed by atoms with Gasteiger partial charge in [0.05, 0.1) is 3.57 Å². The Kier molecular flexibility index (Phi) is 3.90. The molecule has 0 radical (unpaired) electrons. The number of aromatic nitrogens is 2. The van der Waals surface area contributed by atoms with Gasteiger partial charge in [-0.1, -0.05) is 6.92 Å². The van der Waals surface area contributed by atoms with Crippen molar-refractivity contribution < 1.29 is 0 Å². The van der Waals surface area contributed by atoms with Crippen LogP contribution in [-0.2, 0) is 0 Å². The average Bonchev–Trinajstić information content (AvgIpc) is 2.16. The standard InChI is InChI=1S/C9H14IN3/c1-4-7(2)13(3)9-8(10)5-11-6-12-9/h5-7H,4H2,1-3H3. The maximum atomic E-state index is 4.25. The van der Waals surface area contributed by atoms with Crippen molar-refractivity contribution in [2.24, 2.45) is 0 Å². The molecule has 72 valence electrons. The molecule has 1 aromatic heterocycles. The Hall–Kier alpha value is -0.390. The number of anilines is 1. The van der Waals surface area contributed by atoms with E-state index in [0.29, 0.717) is 6.04 Å². The van der Waals surface area contributed by atoms with Crippen LogP contribution in [-0.4, -0.2) is 23.1 Å². The zero-order valence-corrected chi connectivity index (χ0v) is 10.3. The Morgan fingerprint density at radius 3 is 2.85 bits per heavy atom. The molecule has 0 spiro atoms. The van der Waals surface area contributed by atoms with E-state index < -0.39 is 0 Å². The van der Waals surface area contributed by atoms with Gasteiger partial charge in [0.25, 0.3) is 0 Å². The van der Waals surface area contributed by atoms with E-state index in [1.165, 1.54) is 0 Å². The minimum absolute atomic E-state index is 0.517. The van der Waals surface area contributed by atoms with Crippen LogP contribution in [0.2, 0.25) is 0 Å². The highest BCUT2D eigenvalue weighted by Gasteiger charge is 2.11. The SMILES string of the molecule is CCC(C)N(C)c1ncncc1I. The van der Waals surface area contributed by atoms with Crippen molar-refractivity contribution in [3.8, 4) is 0 Å². The van der Waals surface area contributed by atoms with Crippen molar-refractivity contribution in [1.29, 1.82) is 0 Å². The second-order valence-corrected chi connectivity index (χ2v) is 4.22. The minimum Gasteiger partial charge on any atom is -0.356 e. The summed E-state index contributed by atoms with van der Waals surface area (Å²) in [5.74, 6) is 1.02. The van der Waals surface area contributed by atoms with E-state index in [9.17, 15) is 0 Å². The summed E-state index contributed by atoms with van der Waals surface area (Å²) in [6.07, 6.45) is 4.55. The molecule has 4 heteroatoms. The number of halogens is 1. The van der Waals surface area contributed by atoms with E-state index in [2.05, 4.69) is 58.4 Å². The summed E-state index contributed by atoms with van der Waals surface area (Å²) in [5, 5.41) is 0. The van der Waals surface area contributed by atoms with Gasteiger partial charge in [0.1, 0.15) is 12.1 Å². The van der Waals surface area contributed by atoms with E-state index in [-0.39, 0.29) is 0 Å². The van der Waals surface area contributed by atoms with Crippen LogP contribution in [0.5, 0.6) is 0 Å². The lowest BCUT2D eigenvalue weighted by Gasteiger charge is -2.25.